The first-order valence-corrected chi connectivity index (χ1v) is 10.8. The van der Waals surface area contributed by atoms with Gasteiger partial charge in [-0.3, -0.25) is 9.59 Å². The van der Waals surface area contributed by atoms with Crippen molar-refractivity contribution in [1.82, 2.24) is 0 Å². The lowest BCUT2D eigenvalue weighted by Crippen LogP contribution is -2.25. The van der Waals surface area contributed by atoms with Crippen LogP contribution in [-0.4, -0.2) is 18.1 Å². The van der Waals surface area contributed by atoms with Gasteiger partial charge in [-0.1, -0.05) is 25.3 Å². The van der Waals surface area contributed by atoms with Gasteiger partial charge in [-0.2, -0.15) is 0 Å². The Hall–Kier alpha value is -2.34. The van der Waals surface area contributed by atoms with Crippen molar-refractivity contribution in [2.75, 3.05) is 16.9 Å². The van der Waals surface area contributed by atoms with Gasteiger partial charge in [0.25, 0.3) is 5.91 Å². The maximum absolute atomic E-state index is 14.2. The fourth-order valence-corrected chi connectivity index (χ4v) is 3.91. The predicted octanol–water partition coefficient (Wildman–Crippen LogP) is 5.63. The highest BCUT2D eigenvalue weighted by molar-refractivity contribution is 7.98. The van der Waals surface area contributed by atoms with Crippen molar-refractivity contribution >= 4 is 35.0 Å². The summed E-state index contributed by atoms with van der Waals surface area (Å²) in [5.41, 5.74) is 1.98. The molecule has 0 spiro atoms. The molecule has 0 unspecified atom stereocenters. The van der Waals surface area contributed by atoms with Crippen LogP contribution in [0.3, 0.4) is 0 Å². The van der Waals surface area contributed by atoms with Crippen LogP contribution in [0.5, 0.6) is 0 Å². The Morgan fingerprint density at radius 1 is 1.04 bits per heavy atom. The number of carbonyl (C=O) groups excluding carboxylic acids is 2. The summed E-state index contributed by atoms with van der Waals surface area (Å²) in [6.45, 7) is 1.87. The maximum atomic E-state index is 14.2. The number of rotatable bonds is 5. The smallest absolute Gasteiger partial charge is 0.255 e. The lowest BCUT2D eigenvalue weighted by molar-refractivity contribution is -0.120. The molecule has 1 aliphatic rings. The van der Waals surface area contributed by atoms with Gasteiger partial charge in [0.2, 0.25) is 5.91 Å². The molecule has 2 amide bonds. The number of hydrogen-bond acceptors (Lipinski definition) is 3. The van der Waals surface area contributed by atoms with E-state index < -0.39 is 5.82 Å². The monoisotopic (exact) mass is 400 g/mol. The van der Waals surface area contributed by atoms with Crippen LogP contribution in [0.25, 0.3) is 0 Å². The molecule has 0 radical (unpaired) electrons. The molecular weight excluding hydrogens is 375 g/mol. The Balaban J connectivity index is 1.74. The van der Waals surface area contributed by atoms with Gasteiger partial charge in [0.05, 0.1) is 5.69 Å². The van der Waals surface area contributed by atoms with Gasteiger partial charge in [-0.05, 0) is 61.9 Å². The second kappa shape index (κ2) is 9.24. The third-order valence-electron chi connectivity index (χ3n) is 5.15. The van der Waals surface area contributed by atoms with Crippen LogP contribution in [0.2, 0.25) is 0 Å². The molecule has 2 aromatic carbocycles. The number of hydrogen-bond donors (Lipinski definition) is 2. The zero-order valence-corrected chi connectivity index (χ0v) is 17.0. The number of halogens is 1. The average Bonchev–Trinajstić information content (AvgIpc) is 2.71. The largest absolute Gasteiger partial charge is 0.323 e. The molecule has 0 atom stereocenters. The number of amides is 2. The van der Waals surface area contributed by atoms with E-state index in [1.165, 1.54) is 18.2 Å². The normalized spacial score (nSPS) is 14.5. The van der Waals surface area contributed by atoms with Crippen LogP contribution in [-0.2, 0) is 4.79 Å². The molecule has 0 aromatic heterocycles. The number of nitrogens with one attached hydrogen (secondary N) is 2. The number of thioether (sulfide) groups is 1. The third-order valence-corrected chi connectivity index (χ3v) is 5.87. The number of carbonyl (C=O) groups is 2. The van der Waals surface area contributed by atoms with Gasteiger partial charge in [-0.25, -0.2) is 4.39 Å². The highest BCUT2D eigenvalue weighted by Gasteiger charge is 2.22. The summed E-state index contributed by atoms with van der Waals surface area (Å²) < 4.78 is 14.2. The summed E-state index contributed by atoms with van der Waals surface area (Å²) >= 11 is 1.56. The quantitative estimate of drug-likeness (QED) is 0.640. The molecule has 0 heterocycles. The molecule has 1 saturated carbocycles. The fourth-order valence-electron chi connectivity index (χ4n) is 3.47. The Labute approximate surface area is 169 Å². The minimum absolute atomic E-state index is 0.0664. The summed E-state index contributed by atoms with van der Waals surface area (Å²) in [5, 5.41) is 5.50. The minimum atomic E-state index is -0.511. The van der Waals surface area contributed by atoms with Crippen LogP contribution in [0.1, 0.15) is 48.0 Å². The number of anilines is 2. The Morgan fingerprint density at radius 3 is 2.50 bits per heavy atom. The average molecular weight is 401 g/mol. The molecule has 0 saturated heterocycles. The first-order valence-electron chi connectivity index (χ1n) is 9.54. The number of aryl methyl sites for hydroxylation is 1. The van der Waals surface area contributed by atoms with Gasteiger partial charge in [-0.15, -0.1) is 11.8 Å². The maximum Gasteiger partial charge on any atom is 0.255 e. The molecule has 1 aliphatic carbocycles. The molecule has 148 valence electrons. The first-order chi connectivity index (χ1) is 13.5. The van der Waals surface area contributed by atoms with Crippen molar-refractivity contribution in [3.8, 4) is 0 Å². The van der Waals surface area contributed by atoms with Crippen LogP contribution < -0.4 is 10.6 Å². The minimum Gasteiger partial charge on any atom is -0.323 e. The second-order valence-electron chi connectivity index (χ2n) is 7.15. The summed E-state index contributed by atoms with van der Waals surface area (Å²) in [4.78, 5) is 26.1. The zero-order chi connectivity index (χ0) is 20.1. The van der Waals surface area contributed by atoms with Crippen molar-refractivity contribution in [1.29, 1.82) is 0 Å². The van der Waals surface area contributed by atoms with Crippen molar-refractivity contribution in [2.45, 2.75) is 43.9 Å². The third kappa shape index (κ3) is 4.93. The van der Waals surface area contributed by atoms with Crippen molar-refractivity contribution in [2.24, 2.45) is 5.92 Å². The van der Waals surface area contributed by atoms with E-state index in [0.717, 1.165) is 42.6 Å². The molecule has 4 nitrogen and oxygen atoms in total. The molecular formula is C22H25FN2O2S. The molecule has 3 rings (SSSR count). The lowest BCUT2D eigenvalue weighted by atomic mass is 9.88. The lowest BCUT2D eigenvalue weighted by Gasteiger charge is -2.21. The van der Waals surface area contributed by atoms with E-state index in [4.69, 9.17) is 0 Å². The molecule has 1 fully saturated rings. The van der Waals surface area contributed by atoms with Gasteiger partial charge in [0.1, 0.15) is 5.82 Å². The Kier molecular flexibility index (Phi) is 6.73. The predicted molar refractivity (Wildman–Crippen MR) is 113 cm³/mol. The standard InChI is InChI=1S/C22H25FN2O2S/c1-14-8-10-17(28-2)13-18(14)22(27)24-16-9-11-19(23)20(12-16)25-21(26)15-6-4-3-5-7-15/h8-13,15H,3-7H2,1-2H3,(H,24,27)(H,25,26). The summed E-state index contributed by atoms with van der Waals surface area (Å²) in [6.07, 6.45) is 6.85. The van der Waals surface area contributed by atoms with Crippen LogP contribution in [0.15, 0.2) is 41.3 Å². The molecule has 0 bridgehead atoms. The van der Waals surface area contributed by atoms with Gasteiger partial charge in [0, 0.05) is 22.1 Å². The molecule has 6 heteroatoms. The SMILES string of the molecule is CSc1ccc(C)c(C(=O)Nc2ccc(F)c(NC(=O)C3CCCCC3)c2)c1. The zero-order valence-electron chi connectivity index (χ0n) is 16.2. The fraction of sp³-hybridized carbons (Fsp3) is 0.364. The van der Waals surface area contributed by atoms with Gasteiger partial charge >= 0.3 is 0 Å². The highest BCUT2D eigenvalue weighted by Crippen LogP contribution is 2.27. The number of benzene rings is 2. The van der Waals surface area contributed by atoms with E-state index in [0.29, 0.717) is 11.3 Å². The van der Waals surface area contributed by atoms with Crippen molar-refractivity contribution < 1.29 is 14.0 Å². The Morgan fingerprint density at radius 2 is 1.79 bits per heavy atom. The van der Waals surface area contributed by atoms with E-state index in [9.17, 15) is 14.0 Å². The van der Waals surface area contributed by atoms with E-state index in [1.54, 1.807) is 11.8 Å². The Bertz CT molecular complexity index is 879. The van der Waals surface area contributed by atoms with Gasteiger partial charge in [0.15, 0.2) is 0 Å². The van der Waals surface area contributed by atoms with E-state index in [1.807, 2.05) is 31.4 Å². The first kappa shape index (κ1) is 20.4. The van der Waals surface area contributed by atoms with E-state index in [-0.39, 0.29) is 23.4 Å². The summed E-state index contributed by atoms with van der Waals surface area (Å²) in [7, 11) is 0. The highest BCUT2D eigenvalue weighted by atomic mass is 32.2. The van der Waals surface area contributed by atoms with Gasteiger partial charge < -0.3 is 10.6 Å². The second-order valence-corrected chi connectivity index (χ2v) is 8.03. The van der Waals surface area contributed by atoms with Crippen LogP contribution in [0.4, 0.5) is 15.8 Å². The molecule has 0 aliphatic heterocycles. The molecule has 28 heavy (non-hydrogen) atoms. The summed E-state index contributed by atoms with van der Waals surface area (Å²) in [6, 6.07) is 9.94. The van der Waals surface area contributed by atoms with Crippen LogP contribution >= 0.6 is 11.8 Å². The molecule has 2 aromatic rings. The van der Waals surface area contributed by atoms with E-state index in [2.05, 4.69) is 10.6 Å². The summed E-state index contributed by atoms with van der Waals surface area (Å²) in [5.74, 6) is -0.985. The van der Waals surface area contributed by atoms with Crippen molar-refractivity contribution in [3.63, 3.8) is 0 Å². The van der Waals surface area contributed by atoms with Crippen molar-refractivity contribution in [3.05, 3.63) is 53.3 Å². The topological polar surface area (TPSA) is 58.2 Å². The van der Waals surface area contributed by atoms with Crippen LogP contribution in [0, 0.1) is 18.7 Å². The van der Waals surface area contributed by atoms with E-state index >= 15 is 0 Å². The molecule has 2 N–H and O–H groups in total.